The van der Waals surface area contributed by atoms with Crippen molar-refractivity contribution in [3.8, 4) is 11.8 Å². The molecule has 0 aliphatic heterocycles. The largest absolute Gasteiger partial charge is 0.496 e. The summed E-state index contributed by atoms with van der Waals surface area (Å²) >= 11 is 0. The fraction of sp³-hybridized carbons (Fsp3) is 0.300. The highest BCUT2D eigenvalue weighted by molar-refractivity contribution is 5.49. The maximum absolute atomic E-state index is 12.5. The van der Waals surface area contributed by atoms with Crippen LogP contribution in [0.2, 0.25) is 0 Å². The van der Waals surface area contributed by atoms with E-state index in [4.69, 9.17) is 5.26 Å². The highest BCUT2D eigenvalue weighted by Gasteiger charge is 2.35. The first kappa shape index (κ1) is 11.4. The predicted octanol–water partition coefficient (Wildman–Crippen LogP) is 2.89. The van der Waals surface area contributed by atoms with Crippen LogP contribution in [0.1, 0.15) is 16.7 Å². The molecule has 5 heteroatoms. The number of benzene rings is 1. The maximum atomic E-state index is 12.5. The number of hydrogen-bond acceptors (Lipinski definition) is 2. The second-order valence-corrected chi connectivity index (χ2v) is 2.98. The fourth-order valence-electron chi connectivity index (χ4n) is 1.32. The minimum absolute atomic E-state index is 0.0272. The normalized spacial score (nSPS) is 10.9. The van der Waals surface area contributed by atoms with Crippen LogP contribution < -0.4 is 4.74 Å². The Morgan fingerprint density at radius 2 is 1.93 bits per heavy atom. The van der Waals surface area contributed by atoms with E-state index in [0.717, 1.165) is 6.07 Å². The van der Waals surface area contributed by atoms with Gasteiger partial charge in [0.2, 0.25) is 0 Å². The van der Waals surface area contributed by atoms with Crippen molar-refractivity contribution in [1.29, 1.82) is 5.26 Å². The molecule has 15 heavy (non-hydrogen) atoms. The van der Waals surface area contributed by atoms with Crippen LogP contribution in [0, 0.1) is 18.3 Å². The van der Waals surface area contributed by atoms with Gasteiger partial charge in [-0.15, -0.1) is 0 Å². The molecular formula is C10H8F3NO. The van der Waals surface area contributed by atoms with Crippen molar-refractivity contribution >= 4 is 0 Å². The molecule has 0 heterocycles. The third-order valence-corrected chi connectivity index (χ3v) is 1.91. The van der Waals surface area contributed by atoms with E-state index in [9.17, 15) is 13.2 Å². The van der Waals surface area contributed by atoms with Crippen LogP contribution in [0.5, 0.6) is 5.75 Å². The van der Waals surface area contributed by atoms with Crippen molar-refractivity contribution in [1.82, 2.24) is 0 Å². The third-order valence-electron chi connectivity index (χ3n) is 1.91. The van der Waals surface area contributed by atoms with Gasteiger partial charge in [-0.2, -0.15) is 18.4 Å². The van der Waals surface area contributed by atoms with Crippen molar-refractivity contribution in [3.05, 3.63) is 28.8 Å². The molecule has 0 aliphatic rings. The minimum Gasteiger partial charge on any atom is -0.496 e. The molecule has 1 aromatic carbocycles. The van der Waals surface area contributed by atoms with E-state index in [1.165, 1.54) is 20.1 Å². The van der Waals surface area contributed by atoms with Crippen LogP contribution in [-0.2, 0) is 6.18 Å². The summed E-state index contributed by atoms with van der Waals surface area (Å²) < 4.78 is 42.3. The van der Waals surface area contributed by atoms with Crippen molar-refractivity contribution < 1.29 is 17.9 Å². The monoisotopic (exact) mass is 215 g/mol. The molecule has 80 valence electrons. The number of ether oxygens (including phenoxy) is 1. The molecule has 2 nitrogen and oxygen atoms in total. The zero-order chi connectivity index (χ0) is 11.6. The molecule has 1 rings (SSSR count). The van der Waals surface area contributed by atoms with Gasteiger partial charge in [-0.25, -0.2) is 0 Å². The van der Waals surface area contributed by atoms with Gasteiger partial charge in [0.05, 0.1) is 24.3 Å². The van der Waals surface area contributed by atoms with Gasteiger partial charge in [-0.1, -0.05) is 0 Å². The fourth-order valence-corrected chi connectivity index (χ4v) is 1.32. The summed E-state index contributed by atoms with van der Waals surface area (Å²) in [7, 11) is 1.17. The summed E-state index contributed by atoms with van der Waals surface area (Å²) in [5.41, 5.74) is -0.647. The van der Waals surface area contributed by atoms with Crippen LogP contribution in [0.3, 0.4) is 0 Å². The van der Waals surface area contributed by atoms with Crippen LogP contribution in [0.15, 0.2) is 12.1 Å². The van der Waals surface area contributed by atoms with E-state index in [1.54, 1.807) is 6.07 Å². The van der Waals surface area contributed by atoms with Crippen LogP contribution in [0.4, 0.5) is 13.2 Å². The summed E-state index contributed by atoms with van der Waals surface area (Å²) in [5, 5.41) is 8.56. The average Bonchev–Trinajstić information content (AvgIpc) is 2.15. The molecule has 0 aliphatic carbocycles. The number of nitriles is 1. The summed E-state index contributed by atoms with van der Waals surface area (Å²) in [6, 6.07) is 3.81. The molecule has 0 spiro atoms. The quantitative estimate of drug-likeness (QED) is 0.721. The van der Waals surface area contributed by atoms with Gasteiger partial charge in [-0.05, 0) is 24.6 Å². The molecule has 0 saturated heterocycles. The van der Waals surface area contributed by atoms with Gasteiger partial charge >= 0.3 is 6.18 Å². The van der Waals surface area contributed by atoms with E-state index in [2.05, 4.69) is 4.74 Å². The predicted molar refractivity (Wildman–Crippen MR) is 47.4 cm³/mol. The van der Waals surface area contributed by atoms with Gasteiger partial charge in [-0.3, -0.25) is 0 Å². The maximum Gasteiger partial charge on any atom is 0.420 e. The van der Waals surface area contributed by atoms with E-state index in [1.807, 2.05) is 0 Å². The lowest BCUT2D eigenvalue weighted by Crippen LogP contribution is -2.09. The topological polar surface area (TPSA) is 33.0 Å². The highest BCUT2D eigenvalue weighted by atomic mass is 19.4. The Morgan fingerprint density at radius 1 is 1.33 bits per heavy atom. The van der Waals surface area contributed by atoms with Crippen molar-refractivity contribution in [2.75, 3.05) is 7.11 Å². The van der Waals surface area contributed by atoms with E-state index in [0.29, 0.717) is 5.56 Å². The second-order valence-electron chi connectivity index (χ2n) is 2.98. The Kier molecular flexibility index (Phi) is 2.89. The molecule has 0 atom stereocenters. The standard InChI is InChI=1S/C10H8F3NO/c1-6-3-7(5-14)4-8(9(6)15-2)10(11,12)13/h3-4H,1-2H3. The van der Waals surface area contributed by atoms with Crippen LogP contribution >= 0.6 is 0 Å². The van der Waals surface area contributed by atoms with Gasteiger partial charge in [0.1, 0.15) is 5.75 Å². The van der Waals surface area contributed by atoms with Crippen molar-refractivity contribution in [2.24, 2.45) is 0 Å². The number of rotatable bonds is 1. The Labute approximate surface area is 84.9 Å². The molecule has 0 N–H and O–H groups in total. The number of aryl methyl sites for hydroxylation is 1. The summed E-state index contributed by atoms with van der Waals surface area (Å²) in [4.78, 5) is 0. The summed E-state index contributed by atoms with van der Waals surface area (Å²) in [6.07, 6.45) is -4.51. The molecule has 0 radical (unpaired) electrons. The summed E-state index contributed by atoms with van der Waals surface area (Å²) in [6.45, 7) is 1.47. The zero-order valence-corrected chi connectivity index (χ0v) is 8.14. The average molecular weight is 215 g/mol. The van der Waals surface area contributed by atoms with Gasteiger partial charge in [0.15, 0.2) is 0 Å². The number of methoxy groups -OCH3 is 1. The van der Waals surface area contributed by atoms with Gasteiger partial charge < -0.3 is 4.74 Å². The Hall–Kier alpha value is -1.70. The lowest BCUT2D eigenvalue weighted by atomic mass is 10.1. The third kappa shape index (κ3) is 2.21. The molecular weight excluding hydrogens is 207 g/mol. The van der Waals surface area contributed by atoms with E-state index in [-0.39, 0.29) is 11.3 Å². The molecule has 0 amide bonds. The Morgan fingerprint density at radius 3 is 2.33 bits per heavy atom. The second kappa shape index (κ2) is 3.81. The molecule has 0 bridgehead atoms. The zero-order valence-electron chi connectivity index (χ0n) is 8.14. The highest BCUT2D eigenvalue weighted by Crippen LogP contribution is 2.38. The molecule has 0 aromatic heterocycles. The first-order valence-corrected chi connectivity index (χ1v) is 4.06. The SMILES string of the molecule is COc1c(C)cc(C#N)cc1C(F)(F)F. The lowest BCUT2D eigenvalue weighted by molar-refractivity contribution is -0.138. The Bertz CT molecular complexity index is 418. The van der Waals surface area contributed by atoms with Gasteiger partial charge in [0.25, 0.3) is 0 Å². The molecule has 1 aromatic rings. The number of halogens is 3. The molecule has 0 saturated carbocycles. The van der Waals surface area contributed by atoms with Crippen molar-refractivity contribution in [3.63, 3.8) is 0 Å². The van der Waals surface area contributed by atoms with Crippen LogP contribution in [0.25, 0.3) is 0 Å². The smallest absolute Gasteiger partial charge is 0.420 e. The Balaban J connectivity index is 3.48. The minimum atomic E-state index is -4.51. The van der Waals surface area contributed by atoms with Crippen molar-refractivity contribution in [2.45, 2.75) is 13.1 Å². The first-order valence-electron chi connectivity index (χ1n) is 4.06. The van der Waals surface area contributed by atoms with E-state index >= 15 is 0 Å². The molecule has 0 fully saturated rings. The number of alkyl halides is 3. The first-order chi connectivity index (χ1) is 6.90. The lowest BCUT2D eigenvalue weighted by Gasteiger charge is -2.14. The van der Waals surface area contributed by atoms with Gasteiger partial charge in [0, 0.05) is 0 Å². The molecule has 0 unspecified atom stereocenters. The van der Waals surface area contributed by atoms with Crippen LogP contribution in [-0.4, -0.2) is 7.11 Å². The number of nitrogens with zero attached hydrogens (tertiary/aromatic N) is 1. The number of hydrogen-bond donors (Lipinski definition) is 0. The summed E-state index contributed by atoms with van der Waals surface area (Å²) in [5.74, 6) is -0.235. The van der Waals surface area contributed by atoms with E-state index < -0.39 is 11.7 Å².